The Bertz CT molecular complexity index is 539. The molecule has 1 rings (SSSR count). The number of guanidine groups is 1. The van der Waals surface area contributed by atoms with Crippen LogP contribution in [-0.4, -0.2) is 40.8 Å². The Morgan fingerprint density at radius 1 is 1.08 bits per heavy atom. The predicted octanol–water partition coefficient (Wildman–Crippen LogP) is 3.29. The van der Waals surface area contributed by atoms with Gasteiger partial charge in [-0.3, -0.25) is 9.20 Å². The van der Waals surface area contributed by atoms with E-state index in [2.05, 4.69) is 53.7 Å². The van der Waals surface area contributed by atoms with Gasteiger partial charge in [0.05, 0.1) is 0 Å². The Balaban J connectivity index is 0.00000529. The minimum atomic E-state index is -0.852. The van der Waals surface area contributed by atoms with Crippen molar-refractivity contribution in [3.8, 4) is 0 Å². The van der Waals surface area contributed by atoms with Crippen molar-refractivity contribution in [1.82, 2.24) is 10.6 Å². The molecule has 24 heavy (non-hydrogen) atoms. The molecule has 0 heterocycles. The van der Waals surface area contributed by atoms with E-state index in [0.29, 0.717) is 12.3 Å². The average Bonchev–Trinajstić information content (AvgIpc) is 2.50. The summed E-state index contributed by atoms with van der Waals surface area (Å²) in [5.41, 5.74) is 1.30. The second kappa shape index (κ2) is 10.4. The molecule has 0 radical (unpaired) electrons. The highest BCUT2D eigenvalue weighted by molar-refractivity contribution is 14.0. The third-order valence-corrected chi connectivity index (χ3v) is 5.68. The Kier molecular flexibility index (Phi) is 10.1. The summed E-state index contributed by atoms with van der Waals surface area (Å²) >= 11 is 0. The van der Waals surface area contributed by atoms with Crippen LogP contribution in [0.15, 0.2) is 35.3 Å². The first-order valence-corrected chi connectivity index (χ1v) is 9.37. The van der Waals surface area contributed by atoms with Crippen LogP contribution in [0.4, 0.5) is 0 Å². The molecule has 1 aromatic rings. The molecule has 1 aromatic carbocycles. The topological polar surface area (TPSA) is 53.5 Å². The normalized spacial score (nSPS) is 13.8. The minimum absolute atomic E-state index is 0. The molecular formula is C18H32IN3OS. The summed E-state index contributed by atoms with van der Waals surface area (Å²) in [7, 11) is 0.904. The standard InChI is InChI=1S/C18H31N3OS.HI/c1-17(2,3)23(22)13-12-20-16(19-6)21-14-18(4,5)15-10-8-7-9-11-15;/h7-11H,12-14H2,1-6H3,(H2,19,20,21);1H. The van der Waals surface area contributed by atoms with Gasteiger partial charge in [0.15, 0.2) is 5.96 Å². The molecule has 0 bridgehead atoms. The van der Waals surface area contributed by atoms with Gasteiger partial charge in [-0.05, 0) is 26.3 Å². The number of hydrogen-bond donors (Lipinski definition) is 2. The van der Waals surface area contributed by atoms with Gasteiger partial charge in [0.1, 0.15) is 0 Å². The molecule has 0 fully saturated rings. The van der Waals surface area contributed by atoms with Crippen LogP contribution >= 0.6 is 24.0 Å². The number of hydrogen-bond acceptors (Lipinski definition) is 2. The van der Waals surface area contributed by atoms with Crippen LogP contribution in [0.3, 0.4) is 0 Å². The van der Waals surface area contributed by atoms with Crippen LogP contribution in [0, 0.1) is 0 Å². The summed E-state index contributed by atoms with van der Waals surface area (Å²) in [6, 6.07) is 10.4. The molecule has 0 aromatic heterocycles. The number of rotatable bonds is 6. The first-order chi connectivity index (χ1) is 10.7. The third kappa shape index (κ3) is 7.96. The molecule has 138 valence electrons. The lowest BCUT2D eigenvalue weighted by Gasteiger charge is -2.27. The lowest BCUT2D eigenvalue weighted by atomic mass is 9.85. The first-order valence-electron chi connectivity index (χ1n) is 8.05. The summed E-state index contributed by atoms with van der Waals surface area (Å²) in [6.07, 6.45) is 0. The maximum Gasteiger partial charge on any atom is 0.191 e. The Labute approximate surface area is 166 Å². The quantitative estimate of drug-likeness (QED) is 0.385. The number of benzene rings is 1. The van der Waals surface area contributed by atoms with E-state index in [1.165, 1.54) is 5.56 Å². The van der Waals surface area contributed by atoms with Crippen molar-refractivity contribution in [3.63, 3.8) is 0 Å². The molecule has 0 saturated heterocycles. The van der Waals surface area contributed by atoms with Gasteiger partial charge in [-0.1, -0.05) is 44.2 Å². The zero-order valence-corrected chi connectivity index (χ0v) is 18.8. The molecule has 0 spiro atoms. The summed E-state index contributed by atoms with van der Waals surface area (Å²) in [5, 5.41) is 6.60. The third-order valence-electron chi connectivity index (χ3n) is 3.74. The molecule has 2 N–H and O–H groups in total. The van der Waals surface area contributed by atoms with E-state index in [0.717, 1.165) is 12.5 Å². The zero-order chi connectivity index (χ0) is 17.5. The van der Waals surface area contributed by atoms with Crippen LogP contribution < -0.4 is 10.6 Å². The number of nitrogens with zero attached hydrogens (tertiary/aromatic N) is 1. The highest BCUT2D eigenvalue weighted by Crippen LogP contribution is 2.21. The van der Waals surface area contributed by atoms with E-state index in [1.807, 2.05) is 26.8 Å². The Morgan fingerprint density at radius 2 is 1.67 bits per heavy atom. The Hall–Kier alpha value is -0.630. The van der Waals surface area contributed by atoms with Gasteiger partial charge in [-0.2, -0.15) is 0 Å². The van der Waals surface area contributed by atoms with Crippen molar-refractivity contribution in [3.05, 3.63) is 35.9 Å². The zero-order valence-electron chi connectivity index (χ0n) is 15.7. The highest BCUT2D eigenvalue weighted by Gasteiger charge is 2.21. The average molecular weight is 465 g/mol. The lowest BCUT2D eigenvalue weighted by Crippen LogP contribution is -2.44. The summed E-state index contributed by atoms with van der Waals surface area (Å²) in [5.74, 6) is 1.37. The van der Waals surface area contributed by atoms with Gasteiger partial charge in [0.2, 0.25) is 0 Å². The predicted molar refractivity (Wildman–Crippen MR) is 117 cm³/mol. The number of nitrogens with one attached hydrogen (secondary N) is 2. The lowest BCUT2D eigenvalue weighted by molar-refractivity contribution is 0.509. The van der Waals surface area contributed by atoms with Crippen molar-refractivity contribution in [2.75, 3.05) is 25.9 Å². The summed E-state index contributed by atoms with van der Waals surface area (Å²) in [4.78, 5) is 4.24. The van der Waals surface area contributed by atoms with Gasteiger partial charge in [-0.15, -0.1) is 24.0 Å². The first kappa shape index (κ1) is 23.4. The smallest absolute Gasteiger partial charge is 0.191 e. The van der Waals surface area contributed by atoms with Gasteiger partial charge in [-0.25, -0.2) is 0 Å². The van der Waals surface area contributed by atoms with Crippen molar-refractivity contribution < 1.29 is 4.21 Å². The maximum atomic E-state index is 12.0. The van der Waals surface area contributed by atoms with E-state index >= 15 is 0 Å². The van der Waals surface area contributed by atoms with Gasteiger partial charge < -0.3 is 10.6 Å². The molecular weight excluding hydrogens is 433 g/mol. The van der Waals surface area contributed by atoms with Crippen LogP contribution in [0.5, 0.6) is 0 Å². The van der Waals surface area contributed by atoms with E-state index in [9.17, 15) is 4.21 Å². The van der Waals surface area contributed by atoms with Crippen molar-refractivity contribution in [2.45, 2.75) is 44.8 Å². The van der Waals surface area contributed by atoms with E-state index in [-0.39, 0.29) is 34.1 Å². The second-order valence-electron chi connectivity index (χ2n) is 7.26. The fourth-order valence-electron chi connectivity index (χ4n) is 2.09. The number of aliphatic imine (C=N–C) groups is 1. The fraction of sp³-hybridized carbons (Fsp3) is 0.611. The molecule has 6 heteroatoms. The van der Waals surface area contributed by atoms with E-state index in [1.54, 1.807) is 7.05 Å². The minimum Gasteiger partial charge on any atom is -0.356 e. The van der Waals surface area contributed by atoms with E-state index in [4.69, 9.17) is 0 Å². The van der Waals surface area contributed by atoms with Crippen LogP contribution in [0.1, 0.15) is 40.2 Å². The molecule has 1 unspecified atom stereocenters. The van der Waals surface area contributed by atoms with E-state index < -0.39 is 10.8 Å². The Morgan fingerprint density at radius 3 is 2.17 bits per heavy atom. The van der Waals surface area contributed by atoms with Crippen molar-refractivity contribution >= 4 is 40.7 Å². The molecule has 0 aliphatic carbocycles. The molecule has 0 aliphatic heterocycles. The van der Waals surface area contributed by atoms with Gasteiger partial charge >= 0.3 is 0 Å². The van der Waals surface area contributed by atoms with Crippen LogP contribution in [0.25, 0.3) is 0 Å². The van der Waals surface area contributed by atoms with Crippen LogP contribution in [0.2, 0.25) is 0 Å². The summed E-state index contributed by atoms with van der Waals surface area (Å²) in [6.45, 7) is 11.8. The van der Waals surface area contributed by atoms with Crippen molar-refractivity contribution in [2.24, 2.45) is 4.99 Å². The second-order valence-corrected chi connectivity index (χ2v) is 9.59. The largest absolute Gasteiger partial charge is 0.356 e. The molecule has 1 atom stereocenters. The maximum absolute atomic E-state index is 12.0. The molecule has 0 amide bonds. The fourth-order valence-corrected chi connectivity index (χ4v) is 2.98. The molecule has 4 nitrogen and oxygen atoms in total. The monoisotopic (exact) mass is 465 g/mol. The number of halogens is 1. The highest BCUT2D eigenvalue weighted by atomic mass is 127. The van der Waals surface area contributed by atoms with Gasteiger partial charge in [0, 0.05) is 46.9 Å². The van der Waals surface area contributed by atoms with Gasteiger partial charge in [0.25, 0.3) is 0 Å². The molecule has 0 aliphatic rings. The van der Waals surface area contributed by atoms with Crippen LogP contribution in [-0.2, 0) is 16.2 Å². The van der Waals surface area contributed by atoms with Crippen molar-refractivity contribution in [1.29, 1.82) is 0 Å². The summed E-state index contributed by atoms with van der Waals surface area (Å²) < 4.78 is 11.9. The SMILES string of the molecule is CN=C(NCCS(=O)C(C)(C)C)NCC(C)(C)c1ccccc1.I. The molecule has 0 saturated carbocycles.